The molecule has 0 aromatic heterocycles. The summed E-state index contributed by atoms with van der Waals surface area (Å²) in [4.78, 5) is 12.2. The van der Waals surface area contributed by atoms with Gasteiger partial charge >= 0.3 is 0 Å². The van der Waals surface area contributed by atoms with E-state index in [-0.39, 0.29) is 11.8 Å². The van der Waals surface area contributed by atoms with Crippen molar-refractivity contribution in [3.8, 4) is 0 Å². The molecule has 0 aliphatic heterocycles. The molecule has 1 aliphatic rings. The first-order chi connectivity index (χ1) is 9.28. The minimum absolute atomic E-state index is 0.00890. The molecule has 0 bridgehead atoms. The fourth-order valence-corrected chi connectivity index (χ4v) is 2.45. The number of hydrogen-bond donors (Lipinski definition) is 2. The molecule has 96 valence electrons. The molecule has 3 rings (SSSR count). The minimum atomic E-state index is -0.00890. The van der Waals surface area contributed by atoms with E-state index in [4.69, 9.17) is 5.73 Å². The monoisotopic (exact) mass is 252 g/mol. The smallest absolute Gasteiger partial charge is 0.232 e. The van der Waals surface area contributed by atoms with Crippen molar-refractivity contribution >= 4 is 11.6 Å². The Labute approximate surface area is 112 Å². The normalized spacial score (nSPS) is 16.4. The molecule has 2 aromatic rings. The van der Waals surface area contributed by atoms with Gasteiger partial charge in [-0.25, -0.2) is 0 Å². The highest BCUT2D eigenvalue weighted by molar-refractivity contribution is 5.97. The van der Waals surface area contributed by atoms with Gasteiger partial charge in [0.2, 0.25) is 5.91 Å². The van der Waals surface area contributed by atoms with Gasteiger partial charge in [-0.15, -0.1) is 0 Å². The number of carbonyl (C=O) groups excluding carboxylic acids is 1. The summed E-state index contributed by atoms with van der Waals surface area (Å²) >= 11 is 0. The molecule has 0 radical (unpaired) electrons. The summed E-state index contributed by atoms with van der Waals surface area (Å²) in [7, 11) is 0. The highest BCUT2D eigenvalue weighted by Crippen LogP contribution is 2.35. The Balaban J connectivity index is 1.69. The van der Waals surface area contributed by atoms with Crippen LogP contribution in [0.1, 0.15) is 22.6 Å². The molecule has 1 aliphatic carbocycles. The van der Waals surface area contributed by atoms with E-state index in [2.05, 4.69) is 11.4 Å². The fraction of sp³-hybridized carbons (Fsp3) is 0.188. The number of nitrogens with two attached hydrogens (primary N) is 1. The topological polar surface area (TPSA) is 55.1 Å². The SMILES string of the molecule is NCc1ccc(NC(=O)C2Cc3ccccc32)cc1. The predicted molar refractivity (Wildman–Crippen MR) is 75.9 cm³/mol. The van der Waals surface area contributed by atoms with E-state index in [0.29, 0.717) is 6.54 Å². The standard InChI is InChI=1S/C16H16N2O/c17-10-11-5-7-13(8-6-11)18-16(19)15-9-12-3-1-2-4-14(12)15/h1-8,15H,9-10,17H2,(H,18,19). The van der Waals surface area contributed by atoms with E-state index in [0.717, 1.165) is 23.2 Å². The van der Waals surface area contributed by atoms with Crippen molar-refractivity contribution in [2.24, 2.45) is 5.73 Å². The molecule has 0 saturated carbocycles. The van der Waals surface area contributed by atoms with Gasteiger partial charge in [0.25, 0.3) is 0 Å². The van der Waals surface area contributed by atoms with Gasteiger partial charge in [0, 0.05) is 12.2 Å². The molecule has 2 aromatic carbocycles. The number of fused-ring (bicyclic) bond motifs is 1. The van der Waals surface area contributed by atoms with Crippen LogP contribution in [0.5, 0.6) is 0 Å². The first-order valence-corrected chi connectivity index (χ1v) is 6.45. The lowest BCUT2D eigenvalue weighted by Crippen LogP contribution is -2.30. The molecule has 3 nitrogen and oxygen atoms in total. The van der Waals surface area contributed by atoms with Crippen LogP contribution in [-0.2, 0) is 17.8 Å². The Kier molecular flexibility index (Phi) is 3.05. The Morgan fingerprint density at radius 2 is 1.89 bits per heavy atom. The van der Waals surface area contributed by atoms with Crippen LogP contribution in [0.3, 0.4) is 0 Å². The lowest BCUT2D eigenvalue weighted by Gasteiger charge is -2.28. The van der Waals surface area contributed by atoms with E-state index in [1.807, 2.05) is 42.5 Å². The Morgan fingerprint density at radius 3 is 2.58 bits per heavy atom. The van der Waals surface area contributed by atoms with Gasteiger partial charge in [-0.1, -0.05) is 36.4 Å². The van der Waals surface area contributed by atoms with Crippen LogP contribution < -0.4 is 11.1 Å². The third kappa shape index (κ3) is 2.25. The maximum Gasteiger partial charge on any atom is 0.232 e. The predicted octanol–water partition coefficient (Wildman–Crippen LogP) is 2.42. The fourth-order valence-electron chi connectivity index (χ4n) is 2.45. The van der Waals surface area contributed by atoms with Gasteiger partial charge < -0.3 is 11.1 Å². The quantitative estimate of drug-likeness (QED) is 0.881. The van der Waals surface area contributed by atoms with Crippen LogP contribution in [-0.4, -0.2) is 5.91 Å². The molecule has 3 N–H and O–H groups in total. The zero-order valence-electron chi connectivity index (χ0n) is 10.6. The minimum Gasteiger partial charge on any atom is -0.326 e. The summed E-state index contributed by atoms with van der Waals surface area (Å²) in [5.74, 6) is 0.0598. The molecule has 19 heavy (non-hydrogen) atoms. The van der Waals surface area contributed by atoms with Gasteiger partial charge in [-0.2, -0.15) is 0 Å². The molecule has 1 amide bonds. The number of rotatable bonds is 3. The van der Waals surface area contributed by atoms with Gasteiger partial charge in [-0.3, -0.25) is 4.79 Å². The van der Waals surface area contributed by atoms with Crippen LogP contribution in [0.2, 0.25) is 0 Å². The summed E-state index contributed by atoms with van der Waals surface area (Å²) in [6.45, 7) is 0.518. The summed E-state index contributed by atoms with van der Waals surface area (Å²) in [6.07, 6.45) is 0.836. The molecule has 0 fully saturated rings. The van der Waals surface area contributed by atoms with Gasteiger partial charge in [0.15, 0.2) is 0 Å². The zero-order chi connectivity index (χ0) is 13.2. The lowest BCUT2D eigenvalue weighted by molar-refractivity contribution is -0.118. The number of carbonyl (C=O) groups is 1. The van der Waals surface area contributed by atoms with E-state index in [1.165, 1.54) is 5.56 Å². The average Bonchev–Trinajstić information content (AvgIpc) is 2.41. The van der Waals surface area contributed by atoms with Crippen LogP contribution >= 0.6 is 0 Å². The van der Waals surface area contributed by atoms with E-state index >= 15 is 0 Å². The van der Waals surface area contributed by atoms with Crippen LogP contribution in [0, 0.1) is 0 Å². The number of benzene rings is 2. The van der Waals surface area contributed by atoms with Crippen LogP contribution in [0.25, 0.3) is 0 Å². The highest BCUT2D eigenvalue weighted by atomic mass is 16.1. The van der Waals surface area contributed by atoms with Crippen molar-refractivity contribution in [2.45, 2.75) is 18.9 Å². The maximum absolute atomic E-state index is 12.2. The Hall–Kier alpha value is -2.13. The second kappa shape index (κ2) is 4.86. The Bertz CT molecular complexity index is 604. The van der Waals surface area contributed by atoms with Crippen LogP contribution in [0.15, 0.2) is 48.5 Å². The highest BCUT2D eigenvalue weighted by Gasteiger charge is 2.31. The van der Waals surface area contributed by atoms with Crippen molar-refractivity contribution in [3.05, 3.63) is 65.2 Å². The molecular formula is C16H16N2O. The third-order valence-corrected chi connectivity index (χ3v) is 3.63. The largest absolute Gasteiger partial charge is 0.326 e. The Morgan fingerprint density at radius 1 is 1.16 bits per heavy atom. The molecule has 1 atom stereocenters. The third-order valence-electron chi connectivity index (χ3n) is 3.63. The summed E-state index contributed by atoms with van der Waals surface area (Å²) in [5.41, 5.74) is 9.86. The molecular weight excluding hydrogens is 236 g/mol. The second-order valence-corrected chi connectivity index (χ2v) is 4.85. The van der Waals surface area contributed by atoms with Crippen molar-refractivity contribution < 1.29 is 4.79 Å². The molecule has 0 heterocycles. The maximum atomic E-state index is 12.2. The van der Waals surface area contributed by atoms with E-state index in [9.17, 15) is 4.79 Å². The number of hydrogen-bond acceptors (Lipinski definition) is 2. The summed E-state index contributed by atoms with van der Waals surface area (Å²) in [5, 5.41) is 2.96. The van der Waals surface area contributed by atoms with Crippen molar-refractivity contribution in [2.75, 3.05) is 5.32 Å². The van der Waals surface area contributed by atoms with Crippen molar-refractivity contribution in [3.63, 3.8) is 0 Å². The molecule has 1 unspecified atom stereocenters. The number of nitrogens with one attached hydrogen (secondary N) is 1. The first kappa shape index (κ1) is 11.9. The van der Waals surface area contributed by atoms with E-state index in [1.54, 1.807) is 0 Å². The van der Waals surface area contributed by atoms with Crippen molar-refractivity contribution in [1.82, 2.24) is 0 Å². The molecule has 3 heteroatoms. The molecule has 0 spiro atoms. The average molecular weight is 252 g/mol. The van der Waals surface area contributed by atoms with Gasteiger partial charge in [-0.05, 0) is 35.2 Å². The molecule has 0 saturated heterocycles. The number of anilines is 1. The number of amides is 1. The summed E-state index contributed by atoms with van der Waals surface area (Å²) < 4.78 is 0. The summed E-state index contributed by atoms with van der Waals surface area (Å²) in [6, 6.07) is 15.8. The van der Waals surface area contributed by atoms with Gasteiger partial charge in [0.1, 0.15) is 0 Å². The first-order valence-electron chi connectivity index (χ1n) is 6.45. The van der Waals surface area contributed by atoms with Crippen LogP contribution in [0.4, 0.5) is 5.69 Å². The second-order valence-electron chi connectivity index (χ2n) is 4.85. The van der Waals surface area contributed by atoms with Gasteiger partial charge in [0.05, 0.1) is 5.92 Å². The lowest BCUT2D eigenvalue weighted by atomic mass is 9.77. The van der Waals surface area contributed by atoms with E-state index < -0.39 is 0 Å². The zero-order valence-corrected chi connectivity index (χ0v) is 10.6. The van der Waals surface area contributed by atoms with Crippen molar-refractivity contribution in [1.29, 1.82) is 0 Å².